The molecule has 0 fully saturated rings. The fraction of sp³-hybridized carbons (Fsp3) is 0.227. The van der Waals surface area contributed by atoms with Gasteiger partial charge in [0.15, 0.2) is 18.1 Å². The van der Waals surface area contributed by atoms with E-state index in [9.17, 15) is 9.59 Å². The SMILES string of the molecule is CCOc1cc(/C=C/c2nc3ccccc3[nH]c2=O)ccc1OCC(=O)N(C)C. The predicted octanol–water partition coefficient (Wildman–Crippen LogP) is 2.96. The van der Waals surface area contributed by atoms with Crippen molar-refractivity contribution in [2.45, 2.75) is 6.92 Å². The number of aromatic amines is 1. The number of likely N-dealkylation sites (N-methyl/N-ethyl adjacent to an activating group) is 1. The van der Waals surface area contributed by atoms with Gasteiger partial charge in [-0.3, -0.25) is 9.59 Å². The summed E-state index contributed by atoms with van der Waals surface area (Å²) in [6.45, 7) is 2.26. The smallest absolute Gasteiger partial charge is 0.274 e. The van der Waals surface area contributed by atoms with Crippen molar-refractivity contribution in [3.8, 4) is 11.5 Å². The molecule has 0 aliphatic heterocycles. The van der Waals surface area contributed by atoms with Crippen molar-refractivity contribution in [1.29, 1.82) is 0 Å². The number of amides is 1. The number of ether oxygens (including phenoxy) is 2. The van der Waals surface area contributed by atoms with Crippen LogP contribution in [0, 0.1) is 0 Å². The lowest BCUT2D eigenvalue weighted by molar-refractivity contribution is -0.130. The second kappa shape index (κ2) is 9.05. The van der Waals surface area contributed by atoms with Crippen LogP contribution in [0.25, 0.3) is 23.2 Å². The van der Waals surface area contributed by atoms with Crippen LogP contribution in [-0.4, -0.2) is 48.1 Å². The molecule has 150 valence electrons. The van der Waals surface area contributed by atoms with Crippen molar-refractivity contribution in [3.63, 3.8) is 0 Å². The number of nitrogens with zero attached hydrogens (tertiary/aromatic N) is 2. The number of nitrogens with one attached hydrogen (secondary N) is 1. The molecule has 1 aromatic heterocycles. The lowest BCUT2D eigenvalue weighted by Gasteiger charge is -2.14. The zero-order chi connectivity index (χ0) is 20.8. The Morgan fingerprint density at radius 1 is 1.10 bits per heavy atom. The largest absolute Gasteiger partial charge is 0.490 e. The Morgan fingerprint density at radius 2 is 1.90 bits per heavy atom. The highest BCUT2D eigenvalue weighted by molar-refractivity contribution is 5.78. The van der Waals surface area contributed by atoms with Gasteiger partial charge in [0.1, 0.15) is 5.69 Å². The Hall–Kier alpha value is -3.61. The van der Waals surface area contributed by atoms with Crippen LogP contribution in [0.5, 0.6) is 11.5 Å². The maximum atomic E-state index is 12.2. The van der Waals surface area contributed by atoms with E-state index in [1.807, 2.05) is 37.3 Å². The zero-order valence-electron chi connectivity index (χ0n) is 16.6. The molecule has 0 spiro atoms. The Kier molecular flexibility index (Phi) is 6.29. The van der Waals surface area contributed by atoms with Gasteiger partial charge in [0.25, 0.3) is 11.5 Å². The van der Waals surface area contributed by atoms with Crippen molar-refractivity contribution in [2.75, 3.05) is 27.3 Å². The van der Waals surface area contributed by atoms with Gasteiger partial charge >= 0.3 is 0 Å². The molecular formula is C22H23N3O4. The average Bonchev–Trinajstić information content (AvgIpc) is 2.71. The molecule has 0 saturated heterocycles. The highest BCUT2D eigenvalue weighted by Crippen LogP contribution is 2.29. The van der Waals surface area contributed by atoms with E-state index in [4.69, 9.17) is 9.47 Å². The summed E-state index contributed by atoms with van der Waals surface area (Å²) in [5, 5.41) is 0. The zero-order valence-corrected chi connectivity index (χ0v) is 16.6. The van der Waals surface area contributed by atoms with Crippen molar-refractivity contribution in [1.82, 2.24) is 14.9 Å². The summed E-state index contributed by atoms with van der Waals surface area (Å²) in [5.41, 5.74) is 2.29. The van der Waals surface area contributed by atoms with E-state index < -0.39 is 0 Å². The third kappa shape index (κ3) is 5.01. The first-order chi connectivity index (χ1) is 14.0. The first kappa shape index (κ1) is 20.1. The number of H-pyrrole nitrogens is 1. The molecule has 0 bridgehead atoms. The van der Waals surface area contributed by atoms with Gasteiger partial charge in [-0.15, -0.1) is 0 Å². The van der Waals surface area contributed by atoms with E-state index in [0.717, 1.165) is 11.1 Å². The Balaban J connectivity index is 1.83. The summed E-state index contributed by atoms with van der Waals surface area (Å²) in [6.07, 6.45) is 3.44. The summed E-state index contributed by atoms with van der Waals surface area (Å²) in [5.74, 6) is 0.875. The number of fused-ring (bicyclic) bond motifs is 1. The number of hydrogen-bond acceptors (Lipinski definition) is 5. The molecule has 0 unspecified atom stereocenters. The maximum absolute atomic E-state index is 12.2. The molecular weight excluding hydrogens is 370 g/mol. The standard InChI is InChI=1S/C22H23N3O4/c1-4-28-20-13-15(10-12-19(20)29-14-21(26)25(2)3)9-11-18-22(27)24-17-8-6-5-7-16(17)23-18/h5-13H,4,14H2,1-3H3,(H,24,27)/b11-9+. The molecule has 0 aliphatic carbocycles. The second-order valence-electron chi connectivity index (χ2n) is 6.52. The number of hydrogen-bond donors (Lipinski definition) is 1. The Bertz CT molecular complexity index is 1100. The van der Waals surface area contributed by atoms with Gasteiger partial charge in [0.2, 0.25) is 0 Å². The molecule has 0 radical (unpaired) electrons. The van der Waals surface area contributed by atoms with E-state index in [1.165, 1.54) is 4.90 Å². The van der Waals surface area contributed by atoms with Crippen molar-refractivity contribution < 1.29 is 14.3 Å². The molecule has 29 heavy (non-hydrogen) atoms. The Morgan fingerprint density at radius 3 is 2.66 bits per heavy atom. The molecule has 0 atom stereocenters. The van der Waals surface area contributed by atoms with Gasteiger partial charge in [-0.25, -0.2) is 4.98 Å². The molecule has 7 nitrogen and oxygen atoms in total. The van der Waals surface area contributed by atoms with Crippen LogP contribution in [0.4, 0.5) is 0 Å². The molecule has 3 rings (SSSR count). The first-order valence-electron chi connectivity index (χ1n) is 9.25. The molecule has 7 heteroatoms. The van der Waals surface area contributed by atoms with Crippen LogP contribution < -0.4 is 15.0 Å². The highest BCUT2D eigenvalue weighted by Gasteiger charge is 2.10. The maximum Gasteiger partial charge on any atom is 0.274 e. The molecule has 1 amide bonds. The fourth-order valence-corrected chi connectivity index (χ4v) is 2.62. The molecule has 1 heterocycles. The van der Waals surface area contributed by atoms with E-state index >= 15 is 0 Å². The van der Waals surface area contributed by atoms with Crippen molar-refractivity contribution in [3.05, 3.63) is 64.1 Å². The normalized spacial score (nSPS) is 11.0. The minimum absolute atomic E-state index is 0.0708. The van der Waals surface area contributed by atoms with Crippen LogP contribution in [-0.2, 0) is 4.79 Å². The summed E-state index contributed by atoms with van der Waals surface area (Å²) in [4.78, 5) is 32.7. The third-order valence-electron chi connectivity index (χ3n) is 4.18. The topological polar surface area (TPSA) is 84.5 Å². The highest BCUT2D eigenvalue weighted by atomic mass is 16.5. The number of carbonyl (C=O) groups is 1. The summed E-state index contributed by atoms with van der Waals surface area (Å²) >= 11 is 0. The minimum atomic E-state index is -0.257. The number of para-hydroxylation sites is 2. The van der Waals surface area contributed by atoms with E-state index in [2.05, 4.69) is 9.97 Å². The molecule has 2 aromatic carbocycles. The van der Waals surface area contributed by atoms with E-state index in [1.54, 1.807) is 38.4 Å². The summed E-state index contributed by atoms with van der Waals surface area (Å²) in [7, 11) is 3.34. The first-order valence-corrected chi connectivity index (χ1v) is 9.25. The van der Waals surface area contributed by atoms with Gasteiger partial charge in [0.05, 0.1) is 17.6 Å². The average molecular weight is 393 g/mol. The quantitative estimate of drug-likeness (QED) is 0.667. The van der Waals surface area contributed by atoms with Crippen LogP contribution in [0.1, 0.15) is 18.2 Å². The van der Waals surface area contributed by atoms with Crippen LogP contribution >= 0.6 is 0 Å². The molecule has 0 aliphatic rings. The fourth-order valence-electron chi connectivity index (χ4n) is 2.62. The van der Waals surface area contributed by atoms with Gasteiger partial charge < -0.3 is 19.4 Å². The second-order valence-corrected chi connectivity index (χ2v) is 6.52. The third-order valence-corrected chi connectivity index (χ3v) is 4.18. The van der Waals surface area contributed by atoms with Crippen LogP contribution in [0.2, 0.25) is 0 Å². The van der Waals surface area contributed by atoms with Gasteiger partial charge in [-0.05, 0) is 42.8 Å². The summed E-state index contributed by atoms with van der Waals surface area (Å²) in [6, 6.07) is 12.7. The lowest BCUT2D eigenvalue weighted by Crippen LogP contribution is -2.27. The number of benzene rings is 2. The van der Waals surface area contributed by atoms with E-state index in [-0.39, 0.29) is 18.1 Å². The number of carbonyl (C=O) groups excluding carboxylic acids is 1. The van der Waals surface area contributed by atoms with E-state index in [0.29, 0.717) is 29.3 Å². The van der Waals surface area contributed by atoms with Crippen molar-refractivity contribution in [2.24, 2.45) is 0 Å². The minimum Gasteiger partial charge on any atom is -0.490 e. The van der Waals surface area contributed by atoms with Crippen molar-refractivity contribution >= 4 is 29.1 Å². The predicted molar refractivity (Wildman–Crippen MR) is 113 cm³/mol. The summed E-state index contributed by atoms with van der Waals surface area (Å²) < 4.78 is 11.2. The molecule has 3 aromatic rings. The monoisotopic (exact) mass is 393 g/mol. The van der Waals surface area contributed by atoms with Gasteiger partial charge in [-0.2, -0.15) is 0 Å². The van der Waals surface area contributed by atoms with Crippen LogP contribution in [0.3, 0.4) is 0 Å². The Labute approximate surface area is 168 Å². The lowest BCUT2D eigenvalue weighted by atomic mass is 10.1. The molecule has 1 N–H and O–H groups in total. The number of aromatic nitrogens is 2. The van der Waals surface area contributed by atoms with Gasteiger partial charge in [-0.1, -0.05) is 24.3 Å². The van der Waals surface area contributed by atoms with Crippen LogP contribution in [0.15, 0.2) is 47.3 Å². The molecule has 0 saturated carbocycles. The van der Waals surface area contributed by atoms with Gasteiger partial charge in [0, 0.05) is 14.1 Å². The number of rotatable bonds is 7.